The number of halogens is 1. The summed E-state index contributed by atoms with van der Waals surface area (Å²) >= 11 is 4.96. The number of hydrogen-bond acceptors (Lipinski definition) is 2. The van der Waals surface area contributed by atoms with Crippen LogP contribution in [0, 0.1) is 5.82 Å². The summed E-state index contributed by atoms with van der Waals surface area (Å²) in [4.78, 5) is 0.242. The minimum Gasteiger partial charge on any atom is -0.489 e. The number of nitrogens with two attached hydrogens (primary N) is 1. The van der Waals surface area contributed by atoms with Gasteiger partial charge in [0.05, 0.1) is 0 Å². The van der Waals surface area contributed by atoms with Crippen molar-refractivity contribution in [3.63, 3.8) is 0 Å². The van der Waals surface area contributed by atoms with Gasteiger partial charge in [0.1, 0.15) is 23.2 Å². The minimum atomic E-state index is -0.328. The lowest BCUT2D eigenvalue weighted by molar-refractivity contribution is 0.305. The highest BCUT2D eigenvalue weighted by Gasteiger charge is 2.07. The van der Waals surface area contributed by atoms with Crippen LogP contribution in [0.15, 0.2) is 42.5 Å². The molecule has 20 heavy (non-hydrogen) atoms. The Balaban J connectivity index is 2.17. The van der Waals surface area contributed by atoms with Gasteiger partial charge in [0.15, 0.2) is 0 Å². The van der Waals surface area contributed by atoms with Gasteiger partial charge in [-0.2, -0.15) is 0 Å². The number of thiocarbonyl (C=S) groups is 1. The SMILES string of the molecule is CCc1cccc(OCc2cc(F)ccc2C(N)=S)c1. The molecule has 0 spiro atoms. The number of rotatable bonds is 5. The van der Waals surface area contributed by atoms with E-state index in [4.69, 9.17) is 22.7 Å². The molecule has 2 N–H and O–H groups in total. The van der Waals surface area contributed by atoms with Crippen LogP contribution in [0.1, 0.15) is 23.6 Å². The van der Waals surface area contributed by atoms with E-state index in [0.717, 1.165) is 12.2 Å². The molecule has 104 valence electrons. The Morgan fingerprint density at radius 1 is 1.25 bits per heavy atom. The molecular formula is C16H16FNOS. The van der Waals surface area contributed by atoms with Crippen molar-refractivity contribution in [3.05, 3.63) is 65.0 Å². The third-order valence-corrected chi connectivity index (χ3v) is 3.25. The van der Waals surface area contributed by atoms with Crippen LogP contribution >= 0.6 is 12.2 Å². The van der Waals surface area contributed by atoms with Crippen LogP contribution in [0.3, 0.4) is 0 Å². The molecule has 2 aromatic rings. The Morgan fingerprint density at radius 3 is 2.75 bits per heavy atom. The standard InChI is InChI=1S/C16H16FNOS/c1-2-11-4-3-5-14(8-11)19-10-12-9-13(17)6-7-15(12)16(18)20/h3-9H,2,10H2,1H3,(H2,18,20). The summed E-state index contributed by atoms with van der Waals surface area (Å²) in [6, 6.07) is 12.1. The Morgan fingerprint density at radius 2 is 2.05 bits per heavy atom. The Bertz CT molecular complexity index is 628. The first-order valence-electron chi connectivity index (χ1n) is 6.40. The molecule has 0 saturated carbocycles. The van der Waals surface area contributed by atoms with E-state index in [1.807, 2.05) is 24.3 Å². The van der Waals surface area contributed by atoms with Gasteiger partial charge in [0.2, 0.25) is 0 Å². The van der Waals surface area contributed by atoms with Gasteiger partial charge >= 0.3 is 0 Å². The topological polar surface area (TPSA) is 35.2 Å². The van der Waals surface area contributed by atoms with E-state index >= 15 is 0 Å². The molecule has 2 aromatic carbocycles. The van der Waals surface area contributed by atoms with Gasteiger partial charge < -0.3 is 10.5 Å². The van der Waals surface area contributed by atoms with Crippen LogP contribution in [-0.2, 0) is 13.0 Å². The lowest BCUT2D eigenvalue weighted by atomic mass is 10.1. The minimum absolute atomic E-state index is 0.234. The first kappa shape index (κ1) is 14.5. The molecule has 2 nitrogen and oxygen atoms in total. The van der Waals surface area contributed by atoms with Crippen molar-refractivity contribution < 1.29 is 9.13 Å². The number of aryl methyl sites for hydroxylation is 1. The van der Waals surface area contributed by atoms with Crippen molar-refractivity contribution in [2.75, 3.05) is 0 Å². The summed E-state index contributed by atoms with van der Waals surface area (Å²) in [6.07, 6.45) is 0.940. The smallest absolute Gasteiger partial charge is 0.123 e. The van der Waals surface area contributed by atoms with Crippen molar-refractivity contribution in [1.82, 2.24) is 0 Å². The van der Waals surface area contributed by atoms with E-state index in [1.54, 1.807) is 6.07 Å². The predicted octanol–water partition coefficient (Wildman–Crippen LogP) is 3.60. The fourth-order valence-electron chi connectivity index (χ4n) is 1.94. The third kappa shape index (κ3) is 3.54. The van der Waals surface area contributed by atoms with Crippen molar-refractivity contribution >= 4 is 17.2 Å². The molecule has 0 aliphatic rings. The highest BCUT2D eigenvalue weighted by molar-refractivity contribution is 7.80. The second-order valence-electron chi connectivity index (χ2n) is 4.46. The van der Waals surface area contributed by atoms with Gasteiger partial charge in [-0.25, -0.2) is 4.39 Å². The van der Waals surface area contributed by atoms with Crippen LogP contribution in [0.2, 0.25) is 0 Å². The van der Waals surface area contributed by atoms with Gasteiger partial charge in [-0.05, 0) is 42.3 Å². The van der Waals surface area contributed by atoms with Crippen LogP contribution in [0.25, 0.3) is 0 Å². The quantitative estimate of drug-likeness (QED) is 0.854. The number of hydrogen-bond donors (Lipinski definition) is 1. The molecule has 4 heteroatoms. The number of ether oxygens (including phenoxy) is 1. The summed E-state index contributed by atoms with van der Waals surface area (Å²) in [5, 5.41) is 0. The summed E-state index contributed by atoms with van der Waals surface area (Å²) < 4.78 is 19.0. The second-order valence-corrected chi connectivity index (χ2v) is 4.90. The molecule has 0 heterocycles. The van der Waals surface area contributed by atoms with Gasteiger partial charge in [0.25, 0.3) is 0 Å². The molecule has 0 aliphatic carbocycles. The van der Waals surface area contributed by atoms with Crippen LogP contribution < -0.4 is 10.5 Å². The summed E-state index contributed by atoms with van der Waals surface area (Å²) in [6.45, 7) is 2.31. The molecule has 0 atom stereocenters. The predicted molar refractivity (Wildman–Crippen MR) is 82.4 cm³/mol. The van der Waals surface area contributed by atoms with Crippen molar-refractivity contribution in [3.8, 4) is 5.75 Å². The van der Waals surface area contributed by atoms with E-state index < -0.39 is 0 Å². The molecule has 0 unspecified atom stereocenters. The second kappa shape index (κ2) is 6.48. The highest BCUT2D eigenvalue weighted by Crippen LogP contribution is 2.18. The lowest BCUT2D eigenvalue weighted by Crippen LogP contribution is -2.13. The summed E-state index contributed by atoms with van der Waals surface area (Å²) in [5.41, 5.74) is 8.12. The van der Waals surface area contributed by atoms with Gasteiger partial charge in [-0.15, -0.1) is 0 Å². The average Bonchev–Trinajstić information content (AvgIpc) is 2.45. The van der Waals surface area contributed by atoms with Crippen molar-refractivity contribution in [1.29, 1.82) is 0 Å². The van der Waals surface area contributed by atoms with Gasteiger partial charge in [0, 0.05) is 11.1 Å². The maximum atomic E-state index is 13.3. The molecule has 2 rings (SSSR count). The van der Waals surface area contributed by atoms with Crippen LogP contribution in [-0.4, -0.2) is 4.99 Å². The fraction of sp³-hybridized carbons (Fsp3) is 0.188. The van der Waals surface area contributed by atoms with E-state index in [-0.39, 0.29) is 17.4 Å². The lowest BCUT2D eigenvalue weighted by Gasteiger charge is -2.11. The summed E-state index contributed by atoms with van der Waals surface area (Å²) in [5.74, 6) is 0.424. The normalized spacial score (nSPS) is 10.3. The molecule has 0 fully saturated rings. The molecule has 0 amide bonds. The van der Waals surface area contributed by atoms with E-state index in [9.17, 15) is 4.39 Å². The molecular weight excluding hydrogens is 273 g/mol. The first-order valence-corrected chi connectivity index (χ1v) is 6.81. The maximum Gasteiger partial charge on any atom is 0.123 e. The van der Waals surface area contributed by atoms with Crippen LogP contribution in [0.4, 0.5) is 4.39 Å². The molecule has 0 bridgehead atoms. The maximum absolute atomic E-state index is 13.3. The zero-order valence-electron chi connectivity index (χ0n) is 11.2. The molecule has 0 radical (unpaired) electrons. The Hall–Kier alpha value is -1.94. The first-order chi connectivity index (χ1) is 9.60. The Kier molecular flexibility index (Phi) is 4.69. The highest BCUT2D eigenvalue weighted by atomic mass is 32.1. The Labute approximate surface area is 123 Å². The van der Waals surface area contributed by atoms with Gasteiger partial charge in [-0.3, -0.25) is 0 Å². The third-order valence-electron chi connectivity index (χ3n) is 3.03. The average molecular weight is 289 g/mol. The zero-order valence-corrected chi connectivity index (χ0v) is 12.0. The van der Waals surface area contributed by atoms with Crippen molar-refractivity contribution in [2.45, 2.75) is 20.0 Å². The molecule has 0 saturated heterocycles. The molecule has 0 aliphatic heterocycles. The van der Waals surface area contributed by atoms with E-state index in [0.29, 0.717) is 11.1 Å². The number of benzene rings is 2. The van der Waals surface area contributed by atoms with Crippen LogP contribution in [0.5, 0.6) is 5.75 Å². The van der Waals surface area contributed by atoms with Gasteiger partial charge in [-0.1, -0.05) is 31.3 Å². The largest absolute Gasteiger partial charge is 0.489 e. The molecule has 0 aromatic heterocycles. The van der Waals surface area contributed by atoms with E-state index in [1.165, 1.54) is 17.7 Å². The monoisotopic (exact) mass is 289 g/mol. The zero-order chi connectivity index (χ0) is 14.5. The van der Waals surface area contributed by atoms with Crippen molar-refractivity contribution in [2.24, 2.45) is 5.73 Å². The fourth-order valence-corrected chi connectivity index (χ4v) is 2.14. The summed E-state index contributed by atoms with van der Waals surface area (Å²) in [7, 11) is 0. The van der Waals surface area contributed by atoms with E-state index in [2.05, 4.69) is 6.92 Å².